The summed E-state index contributed by atoms with van der Waals surface area (Å²) in [6, 6.07) is 7.52. The zero-order chi connectivity index (χ0) is 13.1. The van der Waals surface area contributed by atoms with Gasteiger partial charge in [0.25, 0.3) is 5.91 Å². The van der Waals surface area contributed by atoms with Crippen LogP contribution in [0.1, 0.15) is 10.5 Å². The van der Waals surface area contributed by atoms with Gasteiger partial charge in [0.05, 0.1) is 16.8 Å². The molecule has 0 atom stereocenters. The van der Waals surface area contributed by atoms with Crippen molar-refractivity contribution in [3.05, 3.63) is 53.1 Å². The van der Waals surface area contributed by atoms with E-state index in [-0.39, 0.29) is 5.91 Å². The van der Waals surface area contributed by atoms with Crippen LogP contribution in [0.4, 0.5) is 5.69 Å². The second-order valence-electron chi connectivity index (χ2n) is 3.71. The molecular formula is C13H9N3OS2. The van der Waals surface area contributed by atoms with Crippen LogP contribution in [0.15, 0.2) is 47.4 Å². The Morgan fingerprint density at radius 3 is 2.89 bits per heavy atom. The highest BCUT2D eigenvalue weighted by Gasteiger charge is 2.12. The number of thiazole rings is 1. The molecule has 0 bridgehead atoms. The fraction of sp³-hybridized carbons (Fsp3) is 0. The molecule has 0 aromatic carbocycles. The van der Waals surface area contributed by atoms with Gasteiger partial charge >= 0.3 is 0 Å². The first kappa shape index (κ1) is 12.0. The number of hydrogen-bond acceptors (Lipinski definition) is 5. The van der Waals surface area contributed by atoms with E-state index in [9.17, 15) is 4.79 Å². The highest BCUT2D eigenvalue weighted by Crippen LogP contribution is 2.27. The molecule has 0 unspecified atom stereocenters. The maximum absolute atomic E-state index is 12.0. The minimum absolute atomic E-state index is 0.216. The van der Waals surface area contributed by atoms with Gasteiger partial charge in [-0.2, -0.15) is 0 Å². The van der Waals surface area contributed by atoms with E-state index in [2.05, 4.69) is 15.3 Å². The highest BCUT2D eigenvalue weighted by molar-refractivity contribution is 7.20. The van der Waals surface area contributed by atoms with Gasteiger partial charge in [0.1, 0.15) is 10.7 Å². The predicted octanol–water partition coefficient (Wildman–Crippen LogP) is 3.52. The van der Waals surface area contributed by atoms with Crippen LogP contribution in [-0.4, -0.2) is 15.9 Å². The third-order valence-electron chi connectivity index (χ3n) is 2.39. The van der Waals surface area contributed by atoms with Gasteiger partial charge in [-0.3, -0.25) is 9.78 Å². The maximum atomic E-state index is 12.0. The third-order valence-corrected chi connectivity index (χ3v) is 4.27. The summed E-state index contributed by atoms with van der Waals surface area (Å²) in [4.78, 5) is 21.4. The topological polar surface area (TPSA) is 54.9 Å². The van der Waals surface area contributed by atoms with Gasteiger partial charge in [-0.25, -0.2) is 4.98 Å². The minimum atomic E-state index is -0.216. The Labute approximate surface area is 117 Å². The van der Waals surface area contributed by atoms with Gasteiger partial charge in [-0.15, -0.1) is 22.7 Å². The lowest BCUT2D eigenvalue weighted by molar-refractivity contribution is 0.102. The third kappa shape index (κ3) is 2.69. The smallest absolute Gasteiger partial charge is 0.275 e. The molecular weight excluding hydrogens is 278 g/mol. The Hall–Kier alpha value is -2.05. The zero-order valence-corrected chi connectivity index (χ0v) is 11.4. The van der Waals surface area contributed by atoms with Gasteiger partial charge in [0, 0.05) is 11.6 Å². The van der Waals surface area contributed by atoms with Crippen molar-refractivity contribution < 1.29 is 4.79 Å². The van der Waals surface area contributed by atoms with Crippen molar-refractivity contribution in [2.45, 2.75) is 0 Å². The first-order valence-electron chi connectivity index (χ1n) is 5.54. The highest BCUT2D eigenvalue weighted by atomic mass is 32.1. The summed E-state index contributed by atoms with van der Waals surface area (Å²) in [5.41, 5.74) is 1.09. The lowest BCUT2D eigenvalue weighted by atomic mass is 10.4. The lowest BCUT2D eigenvalue weighted by Gasteiger charge is -2.01. The van der Waals surface area contributed by atoms with Gasteiger partial charge in [0.2, 0.25) is 0 Å². The molecule has 1 amide bonds. The number of nitrogens with zero attached hydrogens (tertiary/aromatic N) is 2. The van der Waals surface area contributed by atoms with E-state index in [0.29, 0.717) is 11.4 Å². The summed E-state index contributed by atoms with van der Waals surface area (Å²) in [7, 11) is 0. The largest absolute Gasteiger partial charge is 0.319 e. The molecule has 94 valence electrons. The molecule has 0 aliphatic rings. The SMILES string of the molecule is O=C(Nc1cccnc1)c1csc(-c2cccs2)n1. The summed E-state index contributed by atoms with van der Waals surface area (Å²) < 4.78 is 0. The van der Waals surface area contributed by atoms with E-state index in [1.54, 1.807) is 41.2 Å². The van der Waals surface area contributed by atoms with Crippen LogP contribution < -0.4 is 5.32 Å². The van der Waals surface area contributed by atoms with Crippen molar-refractivity contribution >= 4 is 34.3 Å². The van der Waals surface area contributed by atoms with Crippen molar-refractivity contribution in [3.8, 4) is 9.88 Å². The number of amides is 1. The van der Waals surface area contributed by atoms with Crippen molar-refractivity contribution in [2.24, 2.45) is 0 Å². The lowest BCUT2D eigenvalue weighted by Crippen LogP contribution is -2.12. The average molecular weight is 287 g/mol. The summed E-state index contributed by atoms with van der Waals surface area (Å²) in [6.07, 6.45) is 3.26. The van der Waals surface area contributed by atoms with E-state index in [1.165, 1.54) is 11.3 Å². The molecule has 3 aromatic heterocycles. The van der Waals surface area contributed by atoms with E-state index >= 15 is 0 Å². The van der Waals surface area contributed by atoms with E-state index < -0.39 is 0 Å². The number of hydrogen-bond donors (Lipinski definition) is 1. The van der Waals surface area contributed by atoms with Gasteiger partial charge in [-0.05, 0) is 23.6 Å². The van der Waals surface area contributed by atoms with Crippen molar-refractivity contribution in [1.29, 1.82) is 0 Å². The van der Waals surface area contributed by atoms with Crippen LogP contribution >= 0.6 is 22.7 Å². The van der Waals surface area contributed by atoms with Gasteiger partial charge in [-0.1, -0.05) is 6.07 Å². The first-order valence-corrected chi connectivity index (χ1v) is 7.29. The number of carbonyl (C=O) groups excluding carboxylic acids is 1. The number of nitrogens with one attached hydrogen (secondary N) is 1. The molecule has 4 nitrogen and oxygen atoms in total. The fourth-order valence-electron chi connectivity index (χ4n) is 1.52. The monoisotopic (exact) mass is 287 g/mol. The normalized spacial score (nSPS) is 10.3. The zero-order valence-electron chi connectivity index (χ0n) is 9.74. The molecule has 3 rings (SSSR count). The summed E-state index contributed by atoms with van der Waals surface area (Å²) in [5.74, 6) is -0.216. The molecule has 0 spiro atoms. The Morgan fingerprint density at radius 2 is 2.16 bits per heavy atom. The molecule has 6 heteroatoms. The van der Waals surface area contributed by atoms with E-state index in [4.69, 9.17) is 0 Å². The molecule has 19 heavy (non-hydrogen) atoms. The van der Waals surface area contributed by atoms with Crippen LogP contribution in [0, 0.1) is 0 Å². The number of rotatable bonds is 3. The van der Waals surface area contributed by atoms with Crippen LogP contribution in [0.25, 0.3) is 9.88 Å². The molecule has 1 N–H and O–H groups in total. The van der Waals surface area contributed by atoms with Gasteiger partial charge in [0.15, 0.2) is 0 Å². The number of carbonyl (C=O) groups is 1. The summed E-state index contributed by atoms with van der Waals surface area (Å²) >= 11 is 3.08. The van der Waals surface area contributed by atoms with Gasteiger partial charge < -0.3 is 5.32 Å². The second-order valence-corrected chi connectivity index (χ2v) is 5.52. The molecule has 3 aromatic rings. The van der Waals surface area contributed by atoms with Crippen LogP contribution in [0.2, 0.25) is 0 Å². The maximum Gasteiger partial charge on any atom is 0.275 e. The molecule has 0 saturated heterocycles. The Balaban J connectivity index is 1.78. The summed E-state index contributed by atoms with van der Waals surface area (Å²) in [5, 5.41) is 7.39. The van der Waals surface area contributed by atoms with Crippen LogP contribution in [-0.2, 0) is 0 Å². The van der Waals surface area contributed by atoms with E-state index in [0.717, 1.165) is 9.88 Å². The summed E-state index contributed by atoms with van der Waals surface area (Å²) in [6.45, 7) is 0. The standard InChI is InChI=1S/C13H9N3OS2/c17-12(15-9-3-1-5-14-7-9)10-8-19-13(16-10)11-4-2-6-18-11/h1-8H,(H,15,17). The molecule has 3 heterocycles. The van der Waals surface area contributed by atoms with Crippen LogP contribution in [0.5, 0.6) is 0 Å². The predicted molar refractivity (Wildman–Crippen MR) is 77.6 cm³/mol. The Bertz CT molecular complexity index is 677. The second kappa shape index (κ2) is 5.29. The quantitative estimate of drug-likeness (QED) is 0.802. The van der Waals surface area contributed by atoms with Crippen molar-refractivity contribution in [2.75, 3.05) is 5.32 Å². The van der Waals surface area contributed by atoms with E-state index in [1.807, 2.05) is 17.5 Å². The minimum Gasteiger partial charge on any atom is -0.319 e. The molecule has 0 aliphatic carbocycles. The number of thiophene rings is 1. The fourth-order valence-corrected chi connectivity index (χ4v) is 3.14. The number of anilines is 1. The number of pyridine rings is 1. The average Bonchev–Trinajstić information content (AvgIpc) is 3.11. The van der Waals surface area contributed by atoms with Crippen molar-refractivity contribution in [3.63, 3.8) is 0 Å². The first-order chi connectivity index (χ1) is 9.33. The molecule has 0 radical (unpaired) electrons. The molecule has 0 fully saturated rings. The Kier molecular flexibility index (Phi) is 3.35. The van der Waals surface area contributed by atoms with Crippen molar-refractivity contribution in [1.82, 2.24) is 9.97 Å². The Morgan fingerprint density at radius 1 is 1.21 bits per heavy atom. The molecule has 0 aliphatic heterocycles. The number of aromatic nitrogens is 2. The molecule has 0 saturated carbocycles. The van der Waals surface area contributed by atoms with Crippen LogP contribution in [0.3, 0.4) is 0 Å².